The molecule has 2 fully saturated rings. The van der Waals surface area contributed by atoms with Crippen molar-refractivity contribution in [3.8, 4) is 0 Å². The van der Waals surface area contributed by atoms with Crippen LogP contribution in [0.5, 0.6) is 0 Å². The molecule has 2 unspecified atom stereocenters. The van der Waals surface area contributed by atoms with Crippen LogP contribution in [0.25, 0.3) is 0 Å². The summed E-state index contributed by atoms with van der Waals surface area (Å²) < 4.78 is 16.6. The Labute approximate surface area is 193 Å². The number of nitrogens with two attached hydrogens (primary N) is 1. The van der Waals surface area contributed by atoms with E-state index in [4.69, 9.17) is 25.4 Å². The van der Waals surface area contributed by atoms with Crippen LogP contribution in [0.15, 0.2) is 35.9 Å². The predicted octanol–water partition coefficient (Wildman–Crippen LogP) is 0.780. The molecule has 1 aromatic heterocycles. The van der Waals surface area contributed by atoms with E-state index in [-0.39, 0.29) is 30.2 Å². The summed E-state index contributed by atoms with van der Waals surface area (Å²) in [6.07, 6.45) is 6.84. The standard InChI is InChI=1S/C23H32N6O4/c1-15(12-31-2)33-17-8-16-11-23(16,25)18(9-17)22(24)19-10-20(28-14-27-19)29-5-3-4-26-21(30)13-32-7-6-29/h8-10,14-16,24H,3-7,11-13,25H2,1-2H3,(H,26,30)/t15-,16?,23?/m0/s1. The number of ether oxygens (including phenoxy) is 3. The van der Waals surface area contributed by atoms with Crippen molar-refractivity contribution in [3.63, 3.8) is 0 Å². The molecule has 0 aromatic carbocycles. The van der Waals surface area contributed by atoms with E-state index in [1.165, 1.54) is 6.33 Å². The molecule has 178 valence electrons. The highest BCUT2D eigenvalue weighted by Crippen LogP contribution is 2.51. The van der Waals surface area contributed by atoms with Gasteiger partial charge in [-0.2, -0.15) is 0 Å². The molecule has 1 aromatic rings. The first-order chi connectivity index (χ1) is 15.9. The summed E-state index contributed by atoms with van der Waals surface area (Å²) in [6.45, 7) is 4.77. The minimum atomic E-state index is -0.553. The van der Waals surface area contributed by atoms with E-state index in [2.05, 4.69) is 20.2 Å². The highest BCUT2D eigenvalue weighted by molar-refractivity contribution is 6.12. The minimum absolute atomic E-state index is 0.0579. The summed E-state index contributed by atoms with van der Waals surface area (Å²) in [4.78, 5) is 22.4. The molecule has 1 saturated heterocycles. The molecule has 10 heteroatoms. The zero-order chi connectivity index (χ0) is 23.4. The van der Waals surface area contributed by atoms with Crippen molar-refractivity contribution < 1.29 is 19.0 Å². The van der Waals surface area contributed by atoms with Crippen LogP contribution in [0, 0.1) is 11.3 Å². The number of carbonyl (C=O) groups excluding carboxylic acids is 1. The predicted molar refractivity (Wildman–Crippen MR) is 123 cm³/mol. The van der Waals surface area contributed by atoms with Gasteiger partial charge in [0, 0.05) is 44.3 Å². The summed E-state index contributed by atoms with van der Waals surface area (Å²) in [7, 11) is 1.64. The van der Waals surface area contributed by atoms with Gasteiger partial charge in [0.15, 0.2) is 0 Å². The van der Waals surface area contributed by atoms with Crippen molar-refractivity contribution in [2.24, 2.45) is 11.7 Å². The van der Waals surface area contributed by atoms with Crippen LogP contribution >= 0.6 is 0 Å². The van der Waals surface area contributed by atoms with E-state index in [9.17, 15) is 4.79 Å². The Morgan fingerprint density at radius 1 is 1.45 bits per heavy atom. The van der Waals surface area contributed by atoms with Gasteiger partial charge < -0.3 is 30.2 Å². The van der Waals surface area contributed by atoms with Gasteiger partial charge in [-0.3, -0.25) is 10.2 Å². The van der Waals surface area contributed by atoms with E-state index in [1.54, 1.807) is 7.11 Å². The maximum absolute atomic E-state index is 11.6. The van der Waals surface area contributed by atoms with E-state index in [0.717, 1.165) is 24.2 Å². The fraction of sp³-hybridized carbons (Fsp3) is 0.565. The van der Waals surface area contributed by atoms with Gasteiger partial charge in [0.05, 0.1) is 30.2 Å². The van der Waals surface area contributed by atoms with Crippen molar-refractivity contribution in [2.45, 2.75) is 31.4 Å². The third kappa shape index (κ3) is 5.40. The SMILES string of the molecule is COC[C@H](C)OC1=CC2CC2(N)C(C(=N)c2cc(N3CCCNC(=O)COCC3)ncn2)=C1. The largest absolute Gasteiger partial charge is 0.489 e. The molecule has 4 rings (SSSR count). The smallest absolute Gasteiger partial charge is 0.245 e. The van der Waals surface area contributed by atoms with Crippen LogP contribution in [0.3, 0.4) is 0 Å². The Morgan fingerprint density at radius 3 is 3.12 bits per heavy atom. The van der Waals surface area contributed by atoms with E-state index in [0.29, 0.717) is 44.3 Å². The number of nitrogens with one attached hydrogen (secondary N) is 2. The summed E-state index contributed by atoms with van der Waals surface area (Å²) in [5.74, 6) is 1.49. The molecule has 4 N–H and O–H groups in total. The Balaban J connectivity index is 1.51. The third-order valence-electron chi connectivity index (χ3n) is 6.12. The lowest BCUT2D eigenvalue weighted by atomic mass is 9.92. The zero-order valence-corrected chi connectivity index (χ0v) is 19.2. The number of aromatic nitrogens is 2. The number of carbonyl (C=O) groups is 1. The number of rotatable bonds is 7. The molecular formula is C23H32N6O4. The molecule has 33 heavy (non-hydrogen) atoms. The van der Waals surface area contributed by atoms with Crippen molar-refractivity contribution in [1.29, 1.82) is 5.41 Å². The van der Waals surface area contributed by atoms with Crippen molar-refractivity contribution in [3.05, 3.63) is 41.6 Å². The maximum atomic E-state index is 11.6. The number of hydrogen-bond donors (Lipinski definition) is 3. The molecule has 1 amide bonds. The summed E-state index contributed by atoms with van der Waals surface area (Å²) in [5.41, 5.74) is 7.58. The monoisotopic (exact) mass is 456 g/mol. The molecule has 1 saturated carbocycles. The first kappa shape index (κ1) is 23.3. The van der Waals surface area contributed by atoms with Crippen LogP contribution in [0.2, 0.25) is 0 Å². The first-order valence-electron chi connectivity index (χ1n) is 11.3. The fourth-order valence-corrected chi connectivity index (χ4v) is 4.25. The molecule has 10 nitrogen and oxygen atoms in total. The van der Waals surface area contributed by atoms with Gasteiger partial charge in [0.1, 0.15) is 30.6 Å². The first-order valence-corrected chi connectivity index (χ1v) is 11.3. The Morgan fingerprint density at radius 2 is 2.30 bits per heavy atom. The molecular weight excluding hydrogens is 424 g/mol. The molecule has 1 aliphatic heterocycles. The van der Waals surface area contributed by atoms with Gasteiger partial charge >= 0.3 is 0 Å². The van der Waals surface area contributed by atoms with Gasteiger partial charge in [-0.1, -0.05) is 0 Å². The van der Waals surface area contributed by atoms with Gasteiger partial charge in [0.25, 0.3) is 0 Å². The van der Waals surface area contributed by atoms with E-state index >= 15 is 0 Å². The summed E-state index contributed by atoms with van der Waals surface area (Å²) in [5, 5.41) is 11.7. The second kappa shape index (κ2) is 9.98. The zero-order valence-electron chi connectivity index (χ0n) is 19.2. The quantitative estimate of drug-likeness (QED) is 0.512. The lowest BCUT2D eigenvalue weighted by Gasteiger charge is -2.26. The van der Waals surface area contributed by atoms with E-state index in [1.807, 2.05) is 25.1 Å². The molecule has 3 aliphatic rings. The number of fused-ring (bicyclic) bond motifs is 1. The van der Waals surface area contributed by atoms with E-state index < -0.39 is 5.54 Å². The van der Waals surface area contributed by atoms with Gasteiger partial charge in [0.2, 0.25) is 5.91 Å². The van der Waals surface area contributed by atoms with Crippen molar-refractivity contribution in [2.75, 3.05) is 51.5 Å². The van der Waals surface area contributed by atoms with Crippen molar-refractivity contribution in [1.82, 2.24) is 15.3 Å². The Bertz CT molecular complexity index is 950. The summed E-state index contributed by atoms with van der Waals surface area (Å²) in [6, 6.07) is 1.82. The van der Waals surface area contributed by atoms with Gasteiger partial charge in [-0.25, -0.2) is 9.97 Å². The highest BCUT2D eigenvalue weighted by Gasteiger charge is 2.55. The second-order valence-electron chi connectivity index (χ2n) is 8.74. The van der Waals surface area contributed by atoms with Crippen LogP contribution in [0.1, 0.15) is 25.5 Å². The molecule has 0 bridgehead atoms. The highest BCUT2D eigenvalue weighted by atomic mass is 16.5. The van der Waals surface area contributed by atoms with Crippen LogP contribution in [-0.2, 0) is 19.0 Å². The number of anilines is 1. The average molecular weight is 457 g/mol. The minimum Gasteiger partial charge on any atom is -0.489 e. The molecule has 2 heterocycles. The lowest BCUT2D eigenvalue weighted by Crippen LogP contribution is -2.37. The second-order valence-corrected chi connectivity index (χ2v) is 8.74. The number of nitrogens with zero attached hydrogens (tertiary/aromatic N) is 3. The molecule has 3 atom stereocenters. The van der Waals surface area contributed by atoms with Crippen LogP contribution in [0.4, 0.5) is 5.82 Å². The van der Waals surface area contributed by atoms with Crippen LogP contribution in [-0.4, -0.2) is 79.8 Å². The number of amides is 1. The average Bonchev–Trinajstić information content (AvgIpc) is 3.48. The number of allylic oxidation sites excluding steroid dienone is 1. The maximum Gasteiger partial charge on any atom is 0.245 e. The fourth-order valence-electron chi connectivity index (χ4n) is 4.25. The van der Waals surface area contributed by atoms with Gasteiger partial charge in [-0.15, -0.1) is 0 Å². The topological polar surface area (TPSA) is 136 Å². The number of hydrogen-bond acceptors (Lipinski definition) is 9. The Kier molecular flexibility index (Phi) is 7.06. The Hall–Kier alpha value is -2.82. The molecule has 0 radical (unpaired) electrons. The lowest BCUT2D eigenvalue weighted by molar-refractivity contribution is -0.125. The number of methoxy groups -OCH3 is 1. The third-order valence-corrected chi connectivity index (χ3v) is 6.12. The van der Waals surface area contributed by atoms with Crippen LogP contribution < -0.4 is 16.0 Å². The van der Waals surface area contributed by atoms with Crippen molar-refractivity contribution >= 4 is 17.4 Å². The van der Waals surface area contributed by atoms with Gasteiger partial charge in [-0.05, 0) is 31.9 Å². The molecule has 0 spiro atoms. The summed E-state index contributed by atoms with van der Waals surface area (Å²) >= 11 is 0. The normalized spacial score (nSPS) is 26.3. The molecule has 2 aliphatic carbocycles.